The number of pyridine rings is 1. The van der Waals surface area contributed by atoms with Crippen LogP contribution in [-0.4, -0.2) is 21.1 Å². The van der Waals surface area contributed by atoms with E-state index >= 15 is 0 Å². The highest BCUT2D eigenvalue weighted by Crippen LogP contribution is 2.33. The summed E-state index contributed by atoms with van der Waals surface area (Å²) in [6.07, 6.45) is 0. The van der Waals surface area contributed by atoms with E-state index in [2.05, 4.69) is 21.4 Å². The Labute approximate surface area is 180 Å². The van der Waals surface area contributed by atoms with Crippen LogP contribution in [0, 0.1) is 18.3 Å². The number of amides is 1. The zero-order chi connectivity index (χ0) is 20.3. The Balaban J connectivity index is 1.71. The molecule has 3 rings (SSSR count). The number of thioether (sulfide) groups is 1. The first-order valence-corrected chi connectivity index (χ1v) is 10.6. The quantitative estimate of drug-likeness (QED) is 0.497. The Morgan fingerprint density at radius 2 is 2.07 bits per heavy atom. The zero-order valence-corrected chi connectivity index (χ0v) is 18.0. The van der Waals surface area contributed by atoms with Gasteiger partial charge in [-0.2, -0.15) is 5.26 Å². The number of nitriles is 1. The number of thiazole rings is 1. The summed E-state index contributed by atoms with van der Waals surface area (Å²) in [5, 5.41) is 15.4. The molecule has 0 spiro atoms. The number of hydrogen-bond donors (Lipinski definition) is 1. The van der Waals surface area contributed by atoms with Gasteiger partial charge in [-0.1, -0.05) is 35.0 Å². The summed E-state index contributed by atoms with van der Waals surface area (Å²) in [6, 6.07) is 10.8. The molecule has 0 fully saturated rings. The molecule has 1 N–H and O–H groups in total. The molecule has 3 aromatic rings. The van der Waals surface area contributed by atoms with E-state index in [1.807, 2.05) is 12.3 Å². The van der Waals surface area contributed by atoms with Gasteiger partial charge in [-0.3, -0.25) is 4.79 Å². The van der Waals surface area contributed by atoms with Gasteiger partial charge in [-0.25, -0.2) is 9.97 Å². The highest BCUT2D eigenvalue weighted by molar-refractivity contribution is 8.00. The van der Waals surface area contributed by atoms with Gasteiger partial charge in [0.25, 0.3) is 0 Å². The largest absolute Gasteiger partial charge is 0.301 e. The van der Waals surface area contributed by atoms with Gasteiger partial charge in [0.05, 0.1) is 21.5 Å². The molecule has 5 nitrogen and oxygen atoms in total. The highest BCUT2D eigenvalue weighted by Gasteiger charge is 2.19. The first kappa shape index (κ1) is 20.6. The lowest BCUT2D eigenvalue weighted by Gasteiger charge is -2.11. The van der Waals surface area contributed by atoms with Crippen molar-refractivity contribution in [2.45, 2.75) is 24.1 Å². The maximum absolute atomic E-state index is 12.5. The van der Waals surface area contributed by atoms with Gasteiger partial charge in [0, 0.05) is 21.7 Å². The molecule has 0 saturated carbocycles. The first-order valence-electron chi connectivity index (χ1n) is 8.13. The Morgan fingerprint density at radius 1 is 1.29 bits per heavy atom. The Bertz CT molecular complexity index is 1080. The van der Waals surface area contributed by atoms with E-state index in [1.54, 1.807) is 37.3 Å². The number of carbonyl (C=O) groups is 1. The predicted molar refractivity (Wildman–Crippen MR) is 115 cm³/mol. The lowest BCUT2D eigenvalue weighted by Crippen LogP contribution is -2.22. The van der Waals surface area contributed by atoms with Crippen molar-refractivity contribution in [1.82, 2.24) is 9.97 Å². The molecular formula is C19H14Cl2N4OS2. The second-order valence-corrected chi connectivity index (χ2v) is 8.86. The SMILES string of the molecule is Cc1ccc(C#N)c(SC(C)C(=O)Nc2nc(-c3ccc(Cl)cc3Cl)cs2)n1. The smallest absolute Gasteiger partial charge is 0.239 e. The van der Waals surface area contributed by atoms with Crippen LogP contribution in [0.2, 0.25) is 10.0 Å². The fourth-order valence-electron chi connectivity index (χ4n) is 2.29. The minimum Gasteiger partial charge on any atom is -0.301 e. The molecule has 1 aromatic carbocycles. The van der Waals surface area contributed by atoms with E-state index in [9.17, 15) is 10.1 Å². The summed E-state index contributed by atoms with van der Waals surface area (Å²) in [5.41, 5.74) is 2.64. The van der Waals surface area contributed by atoms with Crippen LogP contribution in [0.1, 0.15) is 18.2 Å². The van der Waals surface area contributed by atoms with E-state index in [1.165, 1.54) is 23.1 Å². The molecule has 0 saturated heterocycles. The average molecular weight is 449 g/mol. The third kappa shape index (κ3) is 4.83. The Morgan fingerprint density at radius 3 is 2.79 bits per heavy atom. The topological polar surface area (TPSA) is 78.7 Å². The van der Waals surface area contributed by atoms with Crippen LogP contribution in [0.15, 0.2) is 40.7 Å². The van der Waals surface area contributed by atoms with Crippen molar-refractivity contribution in [3.05, 3.63) is 57.0 Å². The fourth-order valence-corrected chi connectivity index (χ4v) is 4.44. The molecule has 2 heterocycles. The van der Waals surface area contributed by atoms with Gasteiger partial charge in [0.15, 0.2) is 5.13 Å². The molecule has 9 heteroatoms. The summed E-state index contributed by atoms with van der Waals surface area (Å²) in [4.78, 5) is 21.3. The van der Waals surface area contributed by atoms with Crippen LogP contribution in [0.25, 0.3) is 11.3 Å². The van der Waals surface area contributed by atoms with Crippen molar-refractivity contribution < 1.29 is 4.79 Å². The standard InChI is InChI=1S/C19H14Cl2N4OS2/c1-10-3-4-12(8-22)18(23-10)28-11(2)17(26)25-19-24-16(9-27-19)14-6-5-13(20)7-15(14)21/h3-7,9,11H,1-2H3,(H,24,25,26). The number of anilines is 1. The van der Waals surface area contributed by atoms with E-state index in [0.717, 1.165) is 11.3 Å². The number of benzene rings is 1. The van der Waals surface area contributed by atoms with Crippen LogP contribution in [-0.2, 0) is 4.79 Å². The summed E-state index contributed by atoms with van der Waals surface area (Å²) in [5.74, 6) is -0.222. The summed E-state index contributed by atoms with van der Waals surface area (Å²) < 4.78 is 0. The van der Waals surface area contributed by atoms with Gasteiger partial charge in [-0.05, 0) is 44.2 Å². The summed E-state index contributed by atoms with van der Waals surface area (Å²) >= 11 is 14.7. The normalized spacial score (nSPS) is 11.7. The number of carbonyl (C=O) groups excluding carboxylic acids is 1. The van der Waals surface area contributed by atoms with Gasteiger partial charge in [-0.15, -0.1) is 11.3 Å². The number of aromatic nitrogens is 2. The van der Waals surface area contributed by atoms with E-state index in [-0.39, 0.29) is 5.91 Å². The van der Waals surface area contributed by atoms with E-state index in [0.29, 0.717) is 31.5 Å². The predicted octanol–water partition coefficient (Wildman–Crippen LogP) is 5.81. The van der Waals surface area contributed by atoms with Crippen molar-refractivity contribution in [3.63, 3.8) is 0 Å². The minimum atomic E-state index is -0.451. The molecule has 0 aliphatic rings. The van der Waals surface area contributed by atoms with Crippen molar-refractivity contribution in [2.75, 3.05) is 5.32 Å². The number of aryl methyl sites for hydroxylation is 1. The van der Waals surface area contributed by atoms with Gasteiger partial charge >= 0.3 is 0 Å². The lowest BCUT2D eigenvalue weighted by atomic mass is 10.2. The molecule has 0 aliphatic heterocycles. The van der Waals surface area contributed by atoms with E-state index < -0.39 is 5.25 Å². The summed E-state index contributed by atoms with van der Waals surface area (Å²) in [7, 11) is 0. The monoisotopic (exact) mass is 448 g/mol. The molecule has 0 radical (unpaired) electrons. The molecule has 0 aliphatic carbocycles. The Hall–Kier alpha value is -2.11. The average Bonchev–Trinajstić information content (AvgIpc) is 3.10. The third-order valence-corrected chi connectivity index (χ3v) is 6.13. The molecule has 1 unspecified atom stereocenters. The second kappa shape index (κ2) is 8.93. The van der Waals surface area contributed by atoms with Crippen LogP contribution in [0.3, 0.4) is 0 Å². The van der Waals surface area contributed by atoms with Crippen molar-refractivity contribution in [3.8, 4) is 17.3 Å². The van der Waals surface area contributed by atoms with Gasteiger partial charge < -0.3 is 5.32 Å². The third-order valence-electron chi connectivity index (χ3n) is 3.72. The van der Waals surface area contributed by atoms with Crippen molar-refractivity contribution in [1.29, 1.82) is 5.26 Å². The Kier molecular flexibility index (Phi) is 6.57. The lowest BCUT2D eigenvalue weighted by molar-refractivity contribution is -0.115. The number of nitrogens with one attached hydrogen (secondary N) is 1. The van der Waals surface area contributed by atoms with Crippen LogP contribution in [0.5, 0.6) is 0 Å². The zero-order valence-electron chi connectivity index (χ0n) is 14.9. The van der Waals surface area contributed by atoms with Crippen LogP contribution in [0.4, 0.5) is 5.13 Å². The van der Waals surface area contributed by atoms with Crippen LogP contribution < -0.4 is 5.32 Å². The first-order chi connectivity index (χ1) is 13.4. The van der Waals surface area contributed by atoms with Gasteiger partial charge in [0.1, 0.15) is 11.1 Å². The number of rotatable bonds is 5. The molecule has 28 heavy (non-hydrogen) atoms. The van der Waals surface area contributed by atoms with Crippen molar-refractivity contribution in [2.24, 2.45) is 0 Å². The number of halogens is 2. The maximum atomic E-state index is 12.5. The highest BCUT2D eigenvalue weighted by atomic mass is 35.5. The molecule has 142 valence electrons. The van der Waals surface area contributed by atoms with E-state index in [4.69, 9.17) is 23.2 Å². The van der Waals surface area contributed by atoms with Crippen molar-refractivity contribution >= 4 is 57.3 Å². The maximum Gasteiger partial charge on any atom is 0.239 e. The summed E-state index contributed by atoms with van der Waals surface area (Å²) in [6.45, 7) is 3.60. The minimum absolute atomic E-state index is 0.222. The number of nitrogens with zero attached hydrogens (tertiary/aromatic N) is 3. The number of hydrogen-bond acceptors (Lipinski definition) is 6. The molecular weight excluding hydrogens is 435 g/mol. The molecule has 2 aromatic heterocycles. The molecule has 1 atom stereocenters. The second-order valence-electron chi connectivity index (χ2n) is 5.83. The van der Waals surface area contributed by atoms with Gasteiger partial charge in [0.2, 0.25) is 5.91 Å². The molecule has 1 amide bonds. The fraction of sp³-hybridized carbons (Fsp3) is 0.158. The molecule has 0 bridgehead atoms. The van der Waals surface area contributed by atoms with Crippen LogP contribution >= 0.6 is 46.3 Å².